The summed E-state index contributed by atoms with van der Waals surface area (Å²) in [4.78, 5) is 11.9. The summed E-state index contributed by atoms with van der Waals surface area (Å²) in [5.74, 6) is 7.69. The molecule has 34 heavy (non-hydrogen) atoms. The summed E-state index contributed by atoms with van der Waals surface area (Å²) in [6.07, 6.45) is 18.2. The van der Waals surface area contributed by atoms with Gasteiger partial charge >= 0.3 is 6.16 Å². The van der Waals surface area contributed by atoms with Gasteiger partial charge in [0.2, 0.25) is 0 Å². The van der Waals surface area contributed by atoms with Crippen molar-refractivity contribution in [1.82, 2.24) is 0 Å². The fourth-order valence-electron chi connectivity index (χ4n) is 9.01. The van der Waals surface area contributed by atoms with Crippen molar-refractivity contribution >= 4 is 6.16 Å². The number of hydrogen-bond acceptors (Lipinski definition) is 3. The molecule has 0 saturated heterocycles. The molecular formula is C31H48O3. The van der Waals surface area contributed by atoms with Gasteiger partial charge in [-0.2, -0.15) is 0 Å². The van der Waals surface area contributed by atoms with Crippen LogP contribution in [-0.2, 0) is 9.47 Å². The van der Waals surface area contributed by atoms with Gasteiger partial charge < -0.3 is 9.47 Å². The minimum Gasteiger partial charge on any atom is -0.430 e. The molecule has 3 nitrogen and oxygen atoms in total. The summed E-state index contributed by atoms with van der Waals surface area (Å²) < 4.78 is 10.4. The van der Waals surface area contributed by atoms with Crippen LogP contribution in [0.25, 0.3) is 0 Å². The number of hydrogen-bond donors (Lipinski definition) is 0. The highest BCUT2D eigenvalue weighted by Gasteiger charge is 2.59. The predicted molar refractivity (Wildman–Crippen MR) is 138 cm³/mol. The van der Waals surface area contributed by atoms with Gasteiger partial charge in [-0.3, -0.25) is 0 Å². The van der Waals surface area contributed by atoms with Crippen LogP contribution >= 0.6 is 0 Å². The van der Waals surface area contributed by atoms with Gasteiger partial charge in [-0.15, -0.1) is 0 Å². The van der Waals surface area contributed by atoms with E-state index in [9.17, 15) is 4.79 Å². The second-order valence-electron chi connectivity index (χ2n) is 13.0. The number of carbonyl (C=O) groups is 1. The third-order valence-corrected chi connectivity index (χ3v) is 10.8. The molecule has 0 unspecified atom stereocenters. The lowest BCUT2D eigenvalue weighted by atomic mass is 9.47. The standard InChI is InChI=1S/C31H48O3/c1-7-19-33-29(32)34-24-15-17-30(5)23(20-24)11-12-25-27-14-13-26(22(4)10-8-9-21(2)3)31(27,6)18-16-28(25)30/h11,21-22,24-28H,8-10,12-18,20H2,1-6H3/t22-,24+,25+,26-,27+,28+,30+,31-/m1/s1. The SMILES string of the molecule is CC#COC(=O)O[C@H]1CC[C@@]2(C)C(=CC[C@H]3[C@@H]4CC[C@H]([C@H](C)CCCC(C)C)[C@@]4(C)CC[C@@H]32)C1. The first-order valence-electron chi connectivity index (χ1n) is 14.2. The first kappa shape index (κ1) is 25.7. The maximum absolute atomic E-state index is 11.9. The first-order chi connectivity index (χ1) is 16.2. The molecule has 3 saturated carbocycles. The fourth-order valence-corrected chi connectivity index (χ4v) is 9.01. The average molecular weight is 469 g/mol. The maximum Gasteiger partial charge on any atom is 0.522 e. The van der Waals surface area contributed by atoms with Gasteiger partial charge in [-0.25, -0.2) is 4.79 Å². The van der Waals surface area contributed by atoms with Crippen molar-refractivity contribution in [2.45, 2.75) is 118 Å². The van der Waals surface area contributed by atoms with E-state index in [2.05, 4.69) is 52.7 Å². The summed E-state index contributed by atoms with van der Waals surface area (Å²) in [6.45, 7) is 14.1. The van der Waals surface area contributed by atoms with Crippen LogP contribution < -0.4 is 0 Å². The van der Waals surface area contributed by atoms with Gasteiger partial charge in [-0.05, 0) is 91.3 Å². The molecule has 4 aliphatic rings. The molecule has 0 amide bonds. The highest BCUT2D eigenvalue weighted by Crippen LogP contribution is 2.67. The third-order valence-electron chi connectivity index (χ3n) is 10.8. The molecule has 0 aromatic rings. The molecule has 0 heterocycles. The molecule has 4 aliphatic carbocycles. The average Bonchev–Trinajstić information content (AvgIpc) is 3.15. The van der Waals surface area contributed by atoms with Gasteiger partial charge in [-0.1, -0.05) is 71.5 Å². The topological polar surface area (TPSA) is 35.5 Å². The molecule has 0 aromatic heterocycles. The molecule has 0 spiro atoms. The van der Waals surface area contributed by atoms with Crippen molar-refractivity contribution in [3.63, 3.8) is 0 Å². The zero-order valence-electron chi connectivity index (χ0n) is 22.6. The molecule has 190 valence electrons. The Morgan fingerprint density at radius 1 is 1.09 bits per heavy atom. The van der Waals surface area contributed by atoms with Crippen molar-refractivity contribution in [2.75, 3.05) is 0 Å². The van der Waals surface area contributed by atoms with Crippen LogP contribution in [0.2, 0.25) is 0 Å². The van der Waals surface area contributed by atoms with Crippen molar-refractivity contribution in [1.29, 1.82) is 0 Å². The van der Waals surface area contributed by atoms with Gasteiger partial charge in [0.15, 0.2) is 0 Å². The van der Waals surface area contributed by atoms with Crippen molar-refractivity contribution < 1.29 is 14.3 Å². The van der Waals surface area contributed by atoms with Crippen LogP contribution in [0.1, 0.15) is 112 Å². The van der Waals surface area contributed by atoms with Crippen LogP contribution in [0.4, 0.5) is 4.79 Å². The third kappa shape index (κ3) is 4.81. The first-order valence-corrected chi connectivity index (χ1v) is 14.2. The fraction of sp³-hybridized carbons (Fsp3) is 0.839. The Kier molecular flexibility index (Phi) is 7.76. The van der Waals surface area contributed by atoms with Crippen LogP contribution in [0.3, 0.4) is 0 Å². The molecule has 0 N–H and O–H groups in total. The van der Waals surface area contributed by atoms with Crippen LogP contribution in [-0.4, -0.2) is 12.3 Å². The normalized spacial score (nSPS) is 39.6. The summed E-state index contributed by atoms with van der Waals surface area (Å²) in [7, 11) is 0. The molecule has 4 rings (SSSR count). The zero-order chi connectivity index (χ0) is 24.5. The van der Waals surface area contributed by atoms with Gasteiger partial charge in [0.05, 0.1) is 0 Å². The van der Waals surface area contributed by atoms with Gasteiger partial charge in [0, 0.05) is 13.3 Å². The van der Waals surface area contributed by atoms with E-state index in [0.717, 1.165) is 54.8 Å². The van der Waals surface area contributed by atoms with Crippen molar-refractivity contribution in [2.24, 2.45) is 46.3 Å². The van der Waals surface area contributed by atoms with E-state index in [-0.39, 0.29) is 11.5 Å². The minimum absolute atomic E-state index is 0.0709. The van der Waals surface area contributed by atoms with E-state index in [1.165, 1.54) is 51.4 Å². The molecular weight excluding hydrogens is 420 g/mol. The second-order valence-corrected chi connectivity index (χ2v) is 13.0. The van der Waals surface area contributed by atoms with Crippen molar-refractivity contribution in [3.05, 3.63) is 11.6 Å². The summed E-state index contributed by atoms with van der Waals surface area (Å²) in [5.41, 5.74) is 2.35. The van der Waals surface area contributed by atoms with E-state index in [4.69, 9.17) is 9.47 Å². The van der Waals surface area contributed by atoms with E-state index in [0.29, 0.717) is 5.41 Å². The summed E-state index contributed by atoms with van der Waals surface area (Å²) in [6, 6.07) is 0. The lowest BCUT2D eigenvalue weighted by molar-refractivity contribution is -0.0601. The van der Waals surface area contributed by atoms with Crippen molar-refractivity contribution in [3.8, 4) is 12.0 Å². The molecule has 8 atom stereocenters. The van der Waals surface area contributed by atoms with Gasteiger partial charge in [0.25, 0.3) is 0 Å². The largest absolute Gasteiger partial charge is 0.522 e. The minimum atomic E-state index is -0.648. The molecule has 0 radical (unpaired) electrons. The van der Waals surface area contributed by atoms with Crippen LogP contribution in [0.5, 0.6) is 0 Å². The Balaban J connectivity index is 1.43. The van der Waals surface area contributed by atoms with E-state index >= 15 is 0 Å². The number of ether oxygens (including phenoxy) is 2. The Morgan fingerprint density at radius 2 is 1.88 bits per heavy atom. The molecule has 3 fully saturated rings. The van der Waals surface area contributed by atoms with Crippen LogP contribution in [0.15, 0.2) is 11.6 Å². The Morgan fingerprint density at radius 3 is 2.62 bits per heavy atom. The van der Waals surface area contributed by atoms with Crippen LogP contribution in [0, 0.1) is 58.4 Å². The quantitative estimate of drug-likeness (QED) is 0.222. The summed E-state index contributed by atoms with van der Waals surface area (Å²) in [5, 5.41) is 0. The summed E-state index contributed by atoms with van der Waals surface area (Å²) >= 11 is 0. The number of fused-ring (bicyclic) bond motifs is 5. The lowest BCUT2D eigenvalue weighted by Crippen LogP contribution is -2.51. The molecule has 3 heteroatoms. The molecule has 0 aromatic carbocycles. The van der Waals surface area contributed by atoms with Gasteiger partial charge in [0.1, 0.15) is 12.2 Å². The maximum atomic E-state index is 11.9. The number of rotatable bonds is 6. The second kappa shape index (κ2) is 10.3. The Hall–Kier alpha value is -1.43. The predicted octanol–water partition coefficient (Wildman–Crippen LogP) is 8.53. The lowest BCUT2D eigenvalue weighted by Gasteiger charge is -2.58. The highest BCUT2D eigenvalue weighted by atomic mass is 16.7. The van der Waals surface area contributed by atoms with E-state index < -0.39 is 6.16 Å². The van der Waals surface area contributed by atoms with E-state index in [1.807, 2.05) is 0 Å². The zero-order valence-corrected chi connectivity index (χ0v) is 22.6. The highest BCUT2D eigenvalue weighted by molar-refractivity contribution is 5.61. The number of allylic oxidation sites excluding steroid dienone is 1. The smallest absolute Gasteiger partial charge is 0.430 e. The Bertz CT molecular complexity index is 831. The number of carbonyl (C=O) groups excluding carboxylic acids is 1. The molecule has 0 aliphatic heterocycles. The van der Waals surface area contributed by atoms with E-state index in [1.54, 1.807) is 12.5 Å². The monoisotopic (exact) mass is 468 g/mol. The Labute approximate surface area is 208 Å². The molecule has 0 bridgehead atoms.